The fourth-order valence-corrected chi connectivity index (χ4v) is 2.36. The maximum absolute atomic E-state index is 12.1. The van der Waals surface area contributed by atoms with Crippen molar-refractivity contribution in [3.8, 4) is 0 Å². The molecule has 8 heteroatoms. The van der Waals surface area contributed by atoms with Gasteiger partial charge in [0.15, 0.2) is 5.82 Å². The van der Waals surface area contributed by atoms with Crippen molar-refractivity contribution in [2.45, 2.75) is 12.5 Å². The van der Waals surface area contributed by atoms with Crippen molar-refractivity contribution in [3.63, 3.8) is 0 Å². The molecule has 0 bridgehead atoms. The second-order valence-corrected chi connectivity index (χ2v) is 5.24. The zero-order valence-corrected chi connectivity index (χ0v) is 12.5. The van der Waals surface area contributed by atoms with E-state index in [1.807, 2.05) is 6.07 Å². The van der Waals surface area contributed by atoms with E-state index in [2.05, 4.69) is 15.5 Å². The predicted molar refractivity (Wildman–Crippen MR) is 87.4 cm³/mol. The number of aromatic amines is 1. The molecule has 2 aromatic carbocycles. The quantitative estimate of drug-likeness (QED) is 0.491. The highest BCUT2D eigenvalue weighted by molar-refractivity contribution is 6.00. The molecule has 3 aromatic rings. The van der Waals surface area contributed by atoms with Gasteiger partial charge in [-0.3, -0.25) is 20.0 Å². The zero-order chi connectivity index (χ0) is 17.1. The first kappa shape index (κ1) is 15.6. The van der Waals surface area contributed by atoms with Gasteiger partial charge in [-0.25, -0.2) is 0 Å². The fourth-order valence-electron chi connectivity index (χ4n) is 2.36. The Morgan fingerprint density at radius 2 is 2.04 bits per heavy atom. The summed E-state index contributed by atoms with van der Waals surface area (Å²) in [5.41, 5.74) is 1.11. The second kappa shape index (κ2) is 6.47. The lowest BCUT2D eigenvalue weighted by Gasteiger charge is -2.10. The maximum Gasteiger partial charge on any atom is 0.270 e. The highest BCUT2D eigenvalue weighted by atomic mass is 16.6. The van der Waals surface area contributed by atoms with Crippen molar-refractivity contribution in [1.29, 1.82) is 0 Å². The van der Waals surface area contributed by atoms with Gasteiger partial charge in [-0.1, -0.05) is 30.3 Å². The summed E-state index contributed by atoms with van der Waals surface area (Å²) in [4.78, 5) is 22.4. The molecule has 1 amide bonds. The van der Waals surface area contributed by atoms with Gasteiger partial charge < -0.3 is 10.4 Å². The van der Waals surface area contributed by atoms with Gasteiger partial charge in [0.1, 0.15) is 0 Å². The molecule has 3 rings (SSSR count). The van der Waals surface area contributed by atoms with Gasteiger partial charge >= 0.3 is 0 Å². The highest BCUT2D eigenvalue weighted by Crippen LogP contribution is 2.26. The van der Waals surface area contributed by atoms with E-state index in [0.717, 1.165) is 0 Å². The Kier molecular flexibility index (Phi) is 4.21. The van der Waals surface area contributed by atoms with Gasteiger partial charge in [-0.15, -0.1) is 0 Å². The van der Waals surface area contributed by atoms with Crippen LogP contribution < -0.4 is 5.32 Å². The van der Waals surface area contributed by atoms with Crippen LogP contribution in [0.2, 0.25) is 0 Å². The summed E-state index contributed by atoms with van der Waals surface area (Å²) in [5, 5.41) is 30.6. The summed E-state index contributed by atoms with van der Waals surface area (Å²) < 4.78 is 0. The number of aliphatic hydroxyl groups is 1. The van der Waals surface area contributed by atoms with Crippen LogP contribution in [0.3, 0.4) is 0 Å². The van der Waals surface area contributed by atoms with E-state index in [-0.39, 0.29) is 17.9 Å². The molecule has 24 heavy (non-hydrogen) atoms. The van der Waals surface area contributed by atoms with Gasteiger partial charge in [0.2, 0.25) is 5.91 Å². The van der Waals surface area contributed by atoms with E-state index in [1.165, 1.54) is 18.2 Å². The number of benzene rings is 2. The third-order valence-electron chi connectivity index (χ3n) is 3.58. The van der Waals surface area contributed by atoms with Crippen molar-refractivity contribution in [2.24, 2.45) is 0 Å². The molecule has 0 spiro atoms. The lowest BCUT2D eigenvalue weighted by Crippen LogP contribution is -2.15. The van der Waals surface area contributed by atoms with Gasteiger partial charge in [-0.2, -0.15) is 5.10 Å². The van der Waals surface area contributed by atoms with E-state index in [4.69, 9.17) is 0 Å². The molecule has 0 saturated carbocycles. The van der Waals surface area contributed by atoms with Crippen LogP contribution in [0.15, 0.2) is 48.5 Å². The second-order valence-electron chi connectivity index (χ2n) is 5.24. The van der Waals surface area contributed by atoms with E-state index in [1.54, 1.807) is 24.3 Å². The molecule has 8 nitrogen and oxygen atoms in total. The summed E-state index contributed by atoms with van der Waals surface area (Å²) in [6, 6.07) is 13.0. The third-order valence-corrected chi connectivity index (χ3v) is 3.58. The molecule has 0 saturated heterocycles. The molecule has 3 N–H and O–H groups in total. The number of nitro benzene ring substituents is 1. The van der Waals surface area contributed by atoms with E-state index in [0.29, 0.717) is 16.5 Å². The summed E-state index contributed by atoms with van der Waals surface area (Å²) in [6.45, 7) is 0. The number of anilines is 1. The fraction of sp³-hybridized carbons (Fsp3) is 0.125. The number of hydrogen-bond donors (Lipinski definition) is 3. The predicted octanol–water partition coefficient (Wildman–Crippen LogP) is 2.53. The van der Waals surface area contributed by atoms with Crippen LogP contribution in [0.1, 0.15) is 18.1 Å². The summed E-state index contributed by atoms with van der Waals surface area (Å²) in [6.07, 6.45) is -1.08. The Morgan fingerprint density at radius 1 is 1.29 bits per heavy atom. The van der Waals surface area contributed by atoms with Crippen LogP contribution in [0.4, 0.5) is 11.5 Å². The van der Waals surface area contributed by atoms with Crippen LogP contribution in [-0.2, 0) is 4.79 Å². The van der Waals surface area contributed by atoms with Gasteiger partial charge in [0.25, 0.3) is 5.69 Å². The lowest BCUT2D eigenvalue weighted by atomic mass is 10.1. The number of non-ortho nitro benzene ring substituents is 1. The molecule has 0 aliphatic carbocycles. The van der Waals surface area contributed by atoms with Crippen molar-refractivity contribution < 1.29 is 14.8 Å². The molecule has 1 unspecified atom stereocenters. The number of rotatable bonds is 5. The van der Waals surface area contributed by atoms with Crippen LogP contribution in [0, 0.1) is 10.1 Å². The molecule has 0 aliphatic rings. The Labute approximate surface area is 136 Å². The minimum Gasteiger partial charge on any atom is -0.388 e. The first-order valence-electron chi connectivity index (χ1n) is 7.20. The normalized spacial score (nSPS) is 12.0. The molecule has 1 aromatic heterocycles. The first-order chi connectivity index (χ1) is 11.5. The smallest absolute Gasteiger partial charge is 0.270 e. The Morgan fingerprint density at radius 3 is 2.75 bits per heavy atom. The zero-order valence-electron chi connectivity index (χ0n) is 12.5. The summed E-state index contributed by atoms with van der Waals surface area (Å²) >= 11 is 0. The molecule has 0 fully saturated rings. The van der Waals surface area contributed by atoms with Crippen LogP contribution in [-0.4, -0.2) is 26.1 Å². The number of hydrogen-bond acceptors (Lipinski definition) is 5. The number of amides is 1. The molecule has 0 aliphatic heterocycles. The Balaban J connectivity index is 1.76. The number of aliphatic hydroxyl groups excluding tert-OH is 1. The lowest BCUT2D eigenvalue weighted by molar-refractivity contribution is -0.384. The largest absolute Gasteiger partial charge is 0.388 e. The van der Waals surface area contributed by atoms with Gasteiger partial charge in [0, 0.05) is 12.1 Å². The van der Waals surface area contributed by atoms with E-state index >= 15 is 0 Å². The average Bonchev–Trinajstić information content (AvgIpc) is 2.97. The minimum absolute atomic E-state index is 0.0938. The number of nitrogens with zero attached hydrogens (tertiary/aromatic N) is 2. The molecular weight excluding hydrogens is 312 g/mol. The minimum atomic E-state index is -0.939. The maximum atomic E-state index is 12.1. The molecule has 1 atom stereocenters. The Bertz CT molecular complexity index is 891. The van der Waals surface area contributed by atoms with Crippen molar-refractivity contribution in [3.05, 3.63) is 64.2 Å². The molecule has 122 valence electrons. The number of aromatic nitrogens is 2. The molecule has 0 radical (unpaired) electrons. The topological polar surface area (TPSA) is 121 Å². The van der Waals surface area contributed by atoms with E-state index in [9.17, 15) is 20.0 Å². The number of H-pyrrole nitrogens is 1. The number of fused-ring (bicyclic) bond motifs is 1. The van der Waals surface area contributed by atoms with Crippen molar-refractivity contribution >= 4 is 28.3 Å². The number of carbonyl (C=O) groups is 1. The third kappa shape index (κ3) is 3.23. The summed E-state index contributed by atoms with van der Waals surface area (Å²) in [5.74, 6) is -0.245. The van der Waals surface area contributed by atoms with Crippen molar-refractivity contribution in [1.82, 2.24) is 10.2 Å². The van der Waals surface area contributed by atoms with Gasteiger partial charge in [-0.05, 0) is 11.6 Å². The number of carbonyl (C=O) groups excluding carboxylic acids is 1. The summed E-state index contributed by atoms with van der Waals surface area (Å²) in [7, 11) is 0. The molecular formula is C16H14N4O4. The van der Waals surface area contributed by atoms with Crippen LogP contribution in [0.25, 0.3) is 10.9 Å². The first-order valence-corrected chi connectivity index (χ1v) is 7.20. The molecule has 1 heterocycles. The van der Waals surface area contributed by atoms with Crippen molar-refractivity contribution in [2.75, 3.05) is 5.32 Å². The highest BCUT2D eigenvalue weighted by Gasteiger charge is 2.16. The van der Waals surface area contributed by atoms with Crippen LogP contribution >= 0.6 is 0 Å². The van der Waals surface area contributed by atoms with Crippen LogP contribution in [0.5, 0.6) is 0 Å². The number of nitro groups is 1. The van der Waals surface area contributed by atoms with E-state index < -0.39 is 16.9 Å². The average molecular weight is 326 g/mol. The number of nitrogens with one attached hydrogen (secondary N) is 2. The van der Waals surface area contributed by atoms with Gasteiger partial charge in [0.05, 0.1) is 28.4 Å². The standard InChI is InChI=1S/C16H14N4O4/c21-14(10-4-2-1-3-5-10)9-15(22)17-16-12-8-11(20(23)24)6-7-13(12)18-19-16/h1-8,14,21H,9H2,(H2,17,18,19,22). The SMILES string of the molecule is O=C(CC(O)c1ccccc1)Nc1n[nH]c2ccc([N+](=O)[O-])cc12. The monoisotopic (exact) mass is 326 g/mol. The Hall–Kier alpha value is -3.26.